The van der Waals surface area contributed by atoms with Gasteiger partial charge in [0, 0.05) is 32.1 Å². The third-order valence-electron chi connectivity index (χ3n) is 4.56. The molecule has 0 radical (unpaired) electrons. The lowest BCUT2D eigenvalue weighted by Crippen LogP contribution is -2.23. The standard InChI is InChI=1S/C17H22N4O4/c1-25-8-7-18-17-19-9-12-14(22)13(16(23)24)10-21(15(12)20-17)11-5-3-2-4-6-11/h9-11H,2-8H2,1H3,(H,23,24)(H,18,19,20). The molecule has 0 aliphatic heterocycles. The fraction of sp³-hybridized carbons (Fsp3) is 0.529. The number of nitrogens with one attached hydrogen (secondary N) is 1. The molecule has 0 bridgehead atoms. The largest absolute Gasteiger partial charge is 0.477 e. The predicted molar refractivity (Wildman–Crippen MR) is 93.2 cm³/mol. The fourth-order valence-corrected chi connectivity index (χ4v) is 3.27. The van der Waals surface area contributed by atoms with Gasteiger partial charge in [-0.1, -0.05) is 19.3 Å². The Morgan fingerprint density at radius 1 is 1.40 bits per heavy atom. The Labute approximate surface area is 144 Å². The Bertz CT molecular complexity index is 827. The van der Waals surface area contributed by atoms with E-state index < -0.39 is 11.4 Å². The smallest absolute Gasteiger partial charge is 0.341 e. The Morgan fingerprint density at radius 2 is 2.16 bits per heavy atom. The van der Waals surface area contributed by atoms with Gasteiger partial charge in [0.25, 0.3) is 0 Å². The van der Waals surface area contributed by atoms with Crippen molar-refractivity contribution < 1.29 is 14.6 Å². The van der Waals surface area contributed by atoms with E-state index in [1.54, 1.807) is 7.11 Å². The first-order valence-corrected chi connectivity index (χ1v) is 8.50. The van der Waals surface area contributed by atoms with Crippen molar-refractivity contribution in [1.82, 2.24) is 14.5 Å². The van der Waals surface area contributed by atoms with E-state index >= 15 is 0 Å². The molecule has 1 aliphatic carbocycles. The Hall–Kier alpha value is -2.48. The number of anilines is 1. The van der Waals surface area contributed by atoms with E-state index in [1.807, 2.05) is 4.57 Å². The molecule has 0 aromatic carbocycles. The zero-order valence-corrected chi connectivity index (χ0v) is 14.2. The highest BCUT2D eigenvalue weighted by Gasteiger charge is 2.22. The number of carboxylic acid groups (broad SMARTS) is 1. The van der Waals surface area contributed by atoms with E-state index in [4.69, 9.17) is 4.74 Å². The van der Waals surface area contributed by atoms with Gasteiger partial charge in [-0.25, -0.2) is 9.78 Å². The van der Waals surface area contributed by atoms with Crippen molar-refractivity contribution in [2.75, 3.05) is 25.6 Å². The maximum absolute atomic E-state index is 12.5. The average Bonchev–Trinajstić information content (AvgIpc) is 2.62. The monoisotopic (exact) mass is 346 g/mol. The summed E-state index contributed by atoms with van der Waals surface area (Å²) in [5.41, 5.74) is -0.295. The molecule has 134 valence electrons. The number of nitrogens with zero attached hydrogens (tertiary/aromatic N) is 3. The van der Waals surface area contributed by atoms with Crippen molar-refractivity contribution in [3.63, 3.8) is 0 Å². The molecule has 0 atom stereocenters. The highest BCUT2D eigenvalue weighted by Crippen LogP contribution is 2.30. The van der Waals surface area contributed by atoms with E-state index in [9.17, 15) is 14.7 Å². The number of carboxylic acids is 1. The van der Waals surface area contributed by atoms with Gasteiger partial charge < -0.3 is 19.7 Å². The normalized spacial score (nSPS) is 15.4. The van der Waals surface area contributed by atoms with Gasteiger partial charge >= 0.3 is 5.97 Å². The number of hydrogen-bond acceptors (Lipinski definition) is 6. The molecule has 1 saturated carbocycles. The minimum atomic E-state index is -1.22. The van der Waals surface area contributed by atoms with Gasteiger partial charge in [-0.3, -0.25) is 4.79 Å². The number of aromatic carboxylic acids is 1. The summed E-state index contributed by atoms with van der Waals surface area (Å²) in [6, 6.07) is 0.150. The molecule has 3 rings (SSSR count). The van der Waals surface area contributed by atoms with Crippen molar-refractivity contribution in [3.05, 3.63) is 28.2 Å². The van der Waals surface area contributed by atoms with Crippen LogP contribution < -0.4 is 10.7 Å². The second-order valence-corrected chi connectivity index (χ2v) is 6.23. The van der Waals surface area contributed by atoms with Crippen molar-refractivity contribution in [2.45, 2.75) is 38.1 Å². The minimum absolute atomic E-state index is 0.150. The van der Waals surface area contributed by atoms with E-state index in [-0.39, 0.29) is 17.0 Å². The van der Waals surface area contributed by atoms with Crippen LogP contribution >= 0.6 is 0 Å². The summed E-state index contributed by atoms with van der Waals surface area (Å²) in [5, 5.41) is 12.6. The number of rotatable bonds is 6. The Kier molecular flexibility index (Phi) is 5.28. The number of methoxy groups -OCH3 is 1. The first-order chi connectivity index (χ1) is 12.1. The molecule has 0 spiro atoms. The molecular weight excluding hydrogens is 324 g/mol. The van der Waals surface area contributed by atoms with Gasteiger partial charge in [0.15, 0.2) is 0 Å². The molecule has 1 fully saturated rings. The van der Waals surface area contributed by atoms with Crippen molar-refractivity contribution >= 4 is 23.0 Å². The number of aromatic nitrogens is 3. The molecule has 8 nitrogen and oxygen atoms in total. The van der Waals surface area contributed by atoms with Gasteiger partial charge in [0.05, 0.1) is 12.0 Å². The van der Waals surface area contributed by atoms with Crippen LogP contribution in [0.5, 0.6) is 0 Å². The molecule has 0 saturated heterocycles. The summed E-state index contributed by atoms with van der Waals surface area (Å²) >= 11 is 0. The topological polar surface area (TPSA) is 106 Å². The van der Waals surface area contributed by atoms with Crippen molar-refractivity contribution in [2.24, 2.45) is 0 Å². The van der Waals surface area contributed by atoms with E-state index in [0.717, 1.165) is 25.7 Å². The Morgan fingerprint density at radius 3 is 2.84 bits per heavy atom. The maximum atomic E-state index is 12.5. The average molecular weight is 346 g/mol. The summed E-state index contributed by atoms with van der Waals surface area (Å²) < 4.78 is 6.84. The van der Waals surface area contributed by atoms with Gasteiger partial charge in [-0.15, -0.1) is 0 Å². The molecule has 8 heteroatoms. The van der Waals surface area contributed by atoms with Crippen LogP contribution in [0.4, 0.5) is 5.95 Å². The molecule has 2 N–H and O–H groups in total. The molecular formula is C17H22N4O4. The van der Waals surface area contributed by atoms with Crippen molar-refractivity contribution in [1.29, 1.82) is 0 Å². The van der Waals surface area contributed by atoms with E-state index in [2.05, 4.69) is 15.3 Å². The number of pyridine rings is 1. The van der Waals surface area contributed by atoms with E-state index in [0.29, 0.717) is 24.7 Å². The quantitative estimate of drug-likeness (QED) is 0.771. The molecule has 2 heterocycles. The molecule has 0 amide bonds. The second-order valence-electron chi connectivity index (χ2n) is 6.23. The third-order valence-corrected chi connectivity index (χ3v) is 4.56. The van der Waals surface area contributed by atoms with Crippen LogP contribution in [-0.4, -0.2) is 45.9 Å². The number of carbonyl (C=O) groups is 1. The SMILES string of the molecule is COCCNc1ncc2c(=O)c(C(=O)O)cn(C3CCCCC3)c2n1. The van der Waals surface area contributed by atoms with Crippen molar-refractivity contribution in [3.8, 4) is 0 Å². The molecule has 25 heavy (non-hydrogen) atoms. The maximum Gasteiger partial charge on any atom is 0.341 e. The highest BCUT2D eigenvalue weighted by atomic mass is 16.5. The first-order valence-electron chi connectivity index (χ1n) is 8.50. The zero-order valence-electron chi connectivity index (χ0n) is 14.2. The summed E-state index contributed by atoms with van der Waals surface area (Å²) in [5.74, 6) is -0.824. The summed E-state index contributed by atoms with van der Waals surface area (Å²) in [6.07, 6.45) is 8.11. The van der Waals surface area contributed by atoms with Gasteiger partial charge in [0.1, 0.15) is 11.2 Å². The van der Waals surface area contributed by atoms with Crippen LogP contribution in [0.15, 0.2) is 17.2 Å². The van der Waals surface area contributed by atoms with Gasteiger partial charge in [-0.05, 0) is 12.8 Å². The fourth-order valence-electron chi connectivity index (χ4n) is 3.27. The van der Waals surface area contributed by atoms with Gasteiger partial charge in [0.2, 0.25) is 11.4 Å². The number of ether oxygens (including phenoxy) is 1. The summed E-state index contributed by atoms with van der Waals surface area (Å²) in [7, 11) is 1.61. The lowest BCUT2D eigenvalue weighted by atomic mass is 9.95. The highest BCUT2D eigenvalue weighted by molar-refractivity contribution is 5.91. The van der Waals surface area contributed by atoms with Crippen LogP contribution in [0.2, 0.25) is 0 Å². The number of hydrogen-bond donors (Lipinski definition) is 2. The zero-order chi connectivity index (χ0) is 17.8. The van der Waals surface area contributed by atoms with Crippen LogP contribution in [-0.2, 0) is 4.74 Å². The predicted octanol–water partition coefficient (Wildman–Crippen LogP) is 2.05. The van der Waals surface area contributed by atoms with Gasteiger partial charge in [-0.2, -0.15) is 4.98 Å². The minimum Gasteiger partial charge on any atom is -0.477 e. The molecule has 0 unspecified atom stereocenters. The molecule has 2 aromatic heterocycles. The molecule has 2 aromatic rings. The van der Waals surface area contributed by atoms with Crippen LogP contribution in [0.25, 0.3) is 11.0 Å². The lowest BCUT2D eigenvalue weighted by Gasteiger charge is -2.26. The summed E-state index contributed by atoms with van der Waals surface area (Å²) in [6.45, 7) is 1.05. The lowest BCUT2D eigenvalue weighted by molar-refractivity contribution is 0.0694. The Balaban J connectivity index is 2.11. The van der Waals surface area contributed by atoms with Crippen LogP contribution in [0.1, 0.15) is 48.5 Å². The van der Waals surface area contributed by atoms with Crippen LogP contribution in [0, 0.1) is 0 Å². The van der Waals surface area contributed by atoms with Crippen LogP contribution in [0.3, 0.4) is 0 Å². The summed E-state index contributed by atoms with van der Waals surface area (Å²) in [4.78, 5) is 32.5. The second kappa shape index (κ2) is 7.60. The van der Waals surface area contributed by atoms with E-state index in [1.165, 1.54) is 18.8 Å². The third kappa shape index (κ3) is 3.63. The molecule has 1 aliphatic rings. The number of fused-ring (bicyclic) bond motifs is 1. The first kappa shape index (κ1) is 17.3.